The standard InChI is InChI=1S/C23H35N5O5S/c1-11-17-16(12(2)26-20(29)13-6-5-7-24-9-13)22(31)28(17)18(23(32)33)19(11)34-14-8-15(25-10-14)21(30)27(3)4/h11-17,24-25H,5-10H2,1-4H3,(H,26,29)(H,32,33)/t11-,12-,13-,14+,15+,16-,17+/m1/s1. The molecule has 4 aliphatic heterocycles. The van der Waals surface area contributed by atoms with Gasteiger partial charge in [0.25, 0.3) is 0 Å². The highest BCUT2D eigenvalue weighted by Crippen LogP contribution is 2.51. The predicted molar refractivity (Wildman–Crippen MR) is 128 cm³/mol. The molecule has 4 rings (SSSR count). The van der Waals surface area contributed by atoms with E-state index in [0.717, 1.165) is 19.4 Å². The average molecular weight is 494 g/mol. The summed E-state index contributed by atoms with van der Waals surface area (Å²) in [6.07, 6.45) is 2.38. The minimum atomic E-state index is -1.11. The molecule has 0 saturated carbocycles. The lowest BCUT2D eigenvalue weighted by molar-refractivity contribution is -0.158. The number of piperidine rings is 1. The molecule has 0 radical (unpaired) electrons. The summed E-state index contributed by atoms with van der Waals surface area (Å²) >= 11 is 1.47. The monoisotopic (exact) mass is 493 g/mol. The van der Waals surface area contributed by atoms with Crippen LogP contribution in [0, 0.1) is 17.8 Å². The molecule has 4 heterocycles. The van der Waals surface area contributed by atoms with E-state index in [1.54, 1.807) is 19.0 Å². The van der Waals surface area contributed by atoms with Gasteiger partial charge in [-0.2, -0.15) is 0 Å². The van der Waals surface area contributed by atoms with Crippen LogP contribution in [0.25, 0.3) is 0 Å². The summed E-state index contributed by atoms with van der Waals surface area (Å²) in [5.74, 6) is -2.11. The summed E-state index contributed by atoms with van der Waals surface area (Å²) in [4.78, 5) is 53.9. The largest absolute Gasteiger partial charge is 0.477 e. The molecular weight excluding hydrogens is 458 g/mol. The maximum absolute atomic E-state index is 13.1. The molecule has 0 spiro atoms. The third-order valence-corrected chi connectivity index (χ3v) is 9.00. The number of likely N-dealkylation sites (N-methyl/N-ethyl adjacent to an activating group) is 1. The van der Waals surface area contributed by atoms with E-state index in [1.807, 2.05) is 13.8 Å². The topological polar surface area (TPSA) is 131 Å². The lowest BCUT2D eigenvalue weighted by Crippen LogP contribution is -2.66. The van der Waals surface area contributed by atoms with Gasteiger partial charge in [-0.3, -0.25) is 14.4 Å². The van der Waals surface area contributed by atoms with Crippen molar-refractivity contribution in [2.75, 3.05) is 33.7 Å². The van der Waals surface area contributed by atoms with E-state index in [1.165, 1.54) is 16.7 Å². The van der Waals surface area contributed by atoms with Gasteiger partial charge in [-0.15, -0.1) is 11.8 Å². The Morgan fingerprint density at radius 3 is 2.62 bits per heavy atom. The summed E-state index contributed by atoms with van der Waals surface area (Å²) in [6.45, 7) is 5.95. The number of carbonyl (C=O) groups is 4. The molecule has 0 aromatic heterocycles. The first-order chi connectivity index (χ1) is 16.1. The number of fused-ring (bicyclic) bond motifs is 1. The molecular formula is C23H35N5O5S. The molecule has 0 aromatic rings. The Morgan fingerprint density at radius 2 is 2.00 bits per heavy atom. The van der Waals surface area contributed by atoms with Gasteiger partial charge < -0.3 is 30.9 Å². The van der Waals surface area contributed by atoms with E-state index in [0.29, 0.717) is 24.4 Å². The molecule has 0 bridgehead atoms. The molecule has 4 aliphatic rings. The Kier molecular flexibility index (Phi) is 7.25. The van der Waals surface area contributed by atoms with E-state index < -0.39 is 11.9 Å². The van der Waals surface area contributed by atoms with Crippen LogP contribution in [0.15, 0.2) is 10.6 Å². The van der Waals surface area contributed by atoms with Gasteiger partial charge in [0, 0.05) is 49.3 Å². The second kappa shape index (κ2) is 9.87. The highest BCUT2D eigenvalue weighted by molar-refractivity contribution is 8.03. The zero-order chi connectivity index (χ0) is 24.7. The number of carboxylic acid groups (broad SMARTS) is 1. The maximum Gasteiger partial charge on any atom is 0.353 e. The number of thioether (sulfide) groups is 1. The average Bonchev–Trinajstić information content (AvgIpc) is 3.35. The molecule has 7 atom stereocenters. The van der Waals surface area contributed by atoms with Gasteiger partial charge in [-0.1, -0.05) is 6.92 Å². The Bertz CT molecular complexity index is 902. The van der Waals surface area contributed by atoms with Gasteiger partial charge in [-0.25, -0.2) is 4.79 Å². The fraction of sp³-hybridized carbons (Fsp3) is 0.739. The van der Waals surface area contributed by atoms with Crippen LogP contribution in [0.5, 0.6) is 0 Å². The SMILES string of the molecule is C[C@@H](NC(=O)[C@@H]1CCCNC1)[C@H]1C(=O)N2C(C(=O)O)=C(S[C@@H]3CN[C@H](C(=O)N(C)C)C3)[C@H](C)[C@@H]12. The molecule has 3 amide bonds. The van der Waals surface area contributed by atoms with Crippen LogP contribution in [-0.2, 0) is 19.2 Å². The smallest absolute Gasteiger partial charge is 0.353 e. The third-order valence-electron chi connectivity index (χ3n) is 7.49. The van der Waals surface area contributed by atoms with Gasteiger partial charge in [0.15, 0.2) is 0 Å². The number of nitrogens with one attached hydrogen (secondary N) is 3. The van der Waals surface area contributed by atoms with E-state index in [2.05, 4.69) is 16.0 Å². The highest BCUT2D eigenvalue weighted by Gasteiger charge is 2.60. The number of carbonyl (C=O) groups excluding carboxylic acids is 3. The fourth-order valence-electron chi connectivity index (χ4n) is 5.68. The Labute approximate surface area is 204 Å². The van der Waals surface area contributed by atoms with Crippen LogP contribution in [0.3, 0.4) is 0 Å². The van der Waals surface area contributed by atoms with E-state index in [9.17, 15) is 24.3 Å². The molecule has 4 N–H and O–H groups in total. The fourth-order valence-corrected chi connectivity index (χ4v) is 7.16. The van der Waals surface area contributed by atoms with Gasteiger partial charge >= 0.3 is 5.97 Å². The first-order valence-electron chi connectivity index (χ1n) is 12.0. The van der Waals surface area contributed by atoms with Crippen molar-refractivity contribution in [3.8, 4) is 0 Å². The number of aliphatic carboxylic acids is 1. The second-order valence-corrected chi connectivity index (χ2v) is 11.4. The van der Waals surface area contributed by atoms with Crippen LogP contribution in [-0.4, -0.2) is 95.7 Å². The zero-order valence-electron chi connectivity index (χ0n) is 20.2. The molecule has 10 nitrogen and oxygen atoms in total. The molecule has 0 aromatic carbocycles. The van der Waals surface area contributed by atoms with Crippen molar-refractivity contribution in [2.45, 2.75) is 56.5 Å². The summed E-state index contributed by atoms with van der Waals surface area (Å²) < 4.78 is 0. The van der Waals surface area contributed by atoms with Crippen molar-refractivity contribution in [3.05, 3.63) is 10.6 Å². The Balaban J connectivity index is 1.44. The predicted octanol–water partition coefficient (Wildman–Crippen LogP) is -0.184. The van der Waals surface area contributed by atoms with Crippen LogP contribution in [0.1, 0.15) is 33.1 Å². The number of carboxylic acids is 1. The molecule has 188 valence electrons. The van der Waals surface area contributed by atoms with Crippen LogP contribution < -0.4 is 16.0 Å². The van der Waals surface area contributed by atoms with Crippen molar-refractivity contribution in [1.82, 2.24) is 25.8 Å². The van der Waals surface area contributed by atoms with E-state index in [4.69, 9.17) is 0 Å². The summed E-state index contributed by atoms with van der Waals surface area (Å²) in [5, 5.41) is 19.5. The van der Waals surface area contributed by atoms with Crippen molar-refractivity contribution in [2.24, 2.45) is 17.8 Å². The number of hydrogen-bond donors (Lipinski definition) is 4. The van der Waals surface area contributed by atoms with E-state index in [-0.39, 0.29) is 58.6 Å². The Morgan fingerprint density at radius 1 is 1.26 bits per heavy atom. The van der Waals surface area contributed by atoms with Gasteiger partial charge in [0.2, 0.25) is 17.7 Å². The van der Waals surface area contributed by atoms with Crippen molar-refractivity contribution < 1.29 is 24.3 Å². The van der Waals surface area contributed by atoms with Crippen LogP contribution in [0.2, 0.25) is 0 Å². The van der Waals surface area contributed by atoms with E-state index >= 15 is 0 Å². The lowest BCUT2D eigenvalue weighted by Gasteiger charge is -2.47. The summed E-state index contributed by atoms with van der Waals surface area (Å²) in [7, 11) is 3.44. The zero-order valence-corrected chi connectivity index (χ0v) is 21.0. The number of β-lactam (4-membered cyclic amide) rings is 1. The molecule has 0 unspecified atom stereocenters. The maximum atomic E-state index is 13.1. The first kappa shape index (κ1) is 25.0. The molecule has 34 heavy (non-hydrogen) atoms. The molecule has 3 fully saturated rings. The number of hydrogen-bond acceptors (Lipinski definition) is 7. The van der Waals surface area contributed by atoms with Crippen LogP contribution in [0.4, 0.5) is 0 Å². The van der Waals surface area contributed by atoms with Gasteiger partial charge in [0.05, 0.1) is 23.9 Å². The summed E-state index contributed by atoms with van der Waals surface area (Å²) in [6, 6.07) is -0.941. The lowest BCUT2D eigenvalue weighted by atomic mass is 9.77. The van der Waals surface area contributed by atoms with Crippen LogP contribution >= 0.6 is 11.8 Å². The minimum Gasteiger partial charge on any atom is -0.477 e. The Hall–Kier alpha value is -2.11. The van der Waals surface area contributed by atoms with Gasteiger partial charge in [-0.05, 0) is 32.7 Å². The van der Waals surface area contributed by atoms with Gasteiger partial charge in [0.1, 0.15) is 5.70 Å². The van der Waals surface area contributed by atoms with Crippen molar-refractivity contribution >= 4 is 35.5 Å². The number of rotatable bonds is 7. The minimum absolute atomic E-state index is 0.00630. The quantitative estimate of drug-likeness (QED) is 0.359. The highest BCUT2D eigenvalue weighted by atomic mass is 32.2. The normalized spacial score (nSPS) is 33.9. The molecule has 3 saturated heterocycles. The molecule has 11 heteroatoms. The van der Waals surface area contributed by atoms with Crippen molar-refractivity contribution in [1.29, 1.82) is 0 Å². The third kappa shape index (κ3) is 4.45. The first-order valence-corrected chi connectivity index (χ1v) is 12.9. The summed E-state index contributed by atoms with van der Waals surface area (Å²) in [5.41, 5.74) is 0.0566. The number of amides is 3. The number of nitrogens with zero attached hydrogens (tertiary/aromatic N) is 2. The molecule has 0 aliphatic carbocycles. The van der Waals surface area contributed by atoms with Crippen molar-refractivity contribution in [3.63, 3.8) is 0 Å². The second-order valence-electron chi connectivity index (χ2n) is 10.0.